The van der Waals surface area contributed by atoms with Crippen molar-refractivity contribution >= 4 is 5.69 Å². The van der Waals surface area contributed by atoms with Gasteiger partial charge in [-0.1, -0.05) is 18.2 Å². The van der Waals surface area contributed by atoms with Crippen LogP contribution in [0.15, 0.2) is 55.1 Å². The third-order valence-corrected chi connectivity index (χ3v) is 4.01. The smallest absolute Gasteiger partial charge is 0.123 e. The van der Waals surface area contributed by atoms with Crippen molar-refractivity contribution in [1.29, 1.82) is 0 Å². The lowest BCUT2D eigenvalue weighted by Gasteiger charge is -2.21. The molecule has 3 rings (SSSR count). The molecular weight excluding hydrogens is 265 g/mol. The molecule has 1 aliphatic heterocycles. The standard InChI is InChI=1S/C18H18FNO/c1-3-16(12-5-4-6-14(19)9-12)18-11-13-10-15(21-2)7-8-17(13)20-18/h3-10,16,18,20H,1,11H2,2H3/t16-,18-/m0/s1. The number of benzene rings is 2. The van der Waals surface area contributed by atoms with Gasteiger partial charge in [-0.25, -0.2) is 4.39 Å². The molecule has 3 heteroatoms. The molecule has 0 unspecified atom stereocenters. The number of hydrogen-bond donors (Lipinski definition) is 1. The van der Waals surface area contributed by atoms with E-state index in [1.807, 2.05) is 30.3 Å². The summed E-state index contributed by atoms with van der Waals surface area (Å²) in [7, 11) is 1.67. The lowest BCUT2D eigenvalue weighted by Crippen LogP contribution is -2.23. The van der Waals surface area contributed by atoms with E-state index in [0.29, 0.717) is 0 Å². The molecule has 2 atom stereocenters. The summed E-state index contributed by atoms with van der Waals surface area (Å²) in [5.41, 5.74) is 3.29. The minimum Gasteiger partial charge on any atom is -0.497 e. The Morgan fingerprint density at radius 3 is 2.90 bits per heavy atom. The molecule has 1 aliphatic rings. The van der Waals surface area contributed by atoms with Gasteiger partial charge in [0.05, 0.1) is 7.11 Å². The SMILES string of the molecule is C=C[C@@H](c1cccc(F)c1)[C@@H]1Cc2cc(OC)ccc2N1. The number of anilines is 1. The Balaban J connectivity index is 1.86. The highest BCUT2D eigenvalue weighted by atomic mass is 19.1. The molecule has 1 N–H and O–H groups in total. The van der Waals surface area contributed by atoms with Crippen LogP contribution in [0.3, 0.4) is 0 Å². The Morgan fingerprint density at radius 1 is 1.33 bits per heavy atom. The maximum Gasteiger partial charge on any atom is 0.123 e. The van der Waals surface area contributed by atoms with Crippen molar-refractivity contribution in [2.75, 3.05) is 12.4 Å². The van der Waals surface area contributed by atoms with Gasteiger partial charge in [-0.2, -0.15) is 0 Å². The van der Waals surface area contributed by atoms with E-state index in [0.717, 1.165) is 23.4 Å². The molecule has 0 aromatic heterocycles. The first-order valence-corrected chi connectivity index (χ1v) is 7.02. The third-order valence-electron chi connectivity index (χ3n) is 4.01. The van der Waals surface area contributed by atoms with Crippen LogP contribution in [0.1, 0.15) is 17.0 Å². The van der Waals surface area contributed by atoms with Gasteiger partial charge in [-0.3, -0.25) is 0 Å². The number of rotatable bonds is 4. The van der Waals surface area contributed by atoms with Crippen LogP contribution in [0.4, 0.5) is 10.1 Å². The van der Waals surface area contributed by atoms with Crippen molar-refractivity contribution in [3.05, 3.63) is 72.1 Å². The van der Waals surface area contributed by atoms with E-state index >= 15 is 0 Å². The fraction of sp³-hybridized carbons (Fsp3) is 0.222. The van der Waals surface area contributed by atoms with Gasteiger partial charge in [0.15, 0.2) is 0 Å². The Labute approximate surface area is 124 Å². The van der Waals surface area contributed by atoms with Gasteiger partial charge in [-0.05, 0) is 47.9 Å². The molecule has 1 heterocycles. The van der Waals surface area contributed by atoms with Crippen LogP contribution >= 0.6 is 0 Å². The zero-order valence-electron chi connectivity index (χ0n) is 12.0. The maximum atomic E-state index is 13.4. The summed E-state index contributed by atoms with van der Waals surface area (Å²) < 4.78 is 18.7. The van der Waals surface area contributed by atoms with E-state index in [2.05, 4.69) is 11.9 Å². The fourth-order valence-electron chi connectivity index (χ4n) is 2.96. The summed E-state index contributed by atoms with van der Waals surface area (Å²) in [5, 5.41) is 3.51. The van der Waals surface area contributed by atoms with Crippen LogP contribution in [0.2, 0.25) is 0 Å². The van der Waals surface area contributed by atoms with Crippen molar-refractivity contribution in [2.45, 2.75) is 18.4 Å². The van der Waals surface area contributed by atoms with Gasteiger partial charge in [-0.15, -0.1) is 6.58 Å². The lowest BCUT2D eigenvalue weighted by molar-refractivity contribution is 0.414. The van der Waals surface area contributed by atoms with Crippen LogP contribution in [0.25, 0.3) is 0 Å². The van der Waals surface area contributed by atoms with E-state index in [-0.39, 0.29) is 17.8 Å². The summed E-state index contributed by atoms with van der Waals surface area (Å²) in [6.07, 6.45) is 2.76. The topological polar surface area (TPSA) is 21.3 Å². The monoisotopic (exact) mass is 283 g/mol. The lowest BCUT2D eigenvalue weighted by atomic mass is 9.90. The molecule has 108 valence electrons. The van der Waals surface area contributed by atoms with E-state index in [1.54, 1.807) is 19.2 Å². The van der Waals surface area contributed by atoms with Crippen molar-refractivity contribution in [2.24, 2.45) is 0 Å². The van der Waals surface area contributed by atoms with Crippen molar-refractivity contribution in [3.8, 4) is 5.75 Å². The largest absolute Gasteiger partial charge is 0.497 e. The molecule has 2 aromatic rings. The second-order valence-corrected chi connectivity index (χ2v) is 5.29. The predicted molar refractivity (Wildman–Crippen MR) is 83.4 cm³/mol. The average molecular weight is 283 g/mol. The summed E-state index contributed by atoms with van der Waals surface area (Å²) >= 11 is 0. The summed E-state index contributed by atoms with van der Waals surface area (Å²) in [5.74, 6) is 0.715. The molecule has 21 heavy (non-hydrogen) atoms. The Hall–Kier alpha value is -2.29. The minimum atomic E-state index is -0.212. The third kappa shape index (κ3) is 2.64. The highest BCUT2D eigenvalue weighted by molar-refractivity contribution is 5.60. The highest BCUT2D eigenvalue weighted by Crippen LogP contribution is 2.35. The molecule has 0 spiro atoms. The second kappa shape index (κ2) is 5.60. The predicted octanol–water partition coefficient (Wildman–Crippen LogP) is 4.14. The van der Waals surface area contributed by atoms with E-state index < -0.39 is 0 Å². The quantitative estimate of drug-likeness (QED) is 0.851. The average Bonchev–Trinajstić information content (AvgIpc) is 2.90. The van der Waals surface area contributed by atoms with Crippen LogP contribution in [0.5, 0.6) is 5.75 Å². The molecule has 0 amide bonds. The molecule has 0 aliphatic carbocycles. The Bertz CT molecular complexity index is 668. The van der Waals surface area contributed by atoms with Crippen LogP contribution < -0.4 is 10.1 Å². The van der Waals surface area contributed by atoms with Crippen molar-refractivity contribution < 1.29 is 9.13 Å². The van der Waals surface area contributed by atoms with Crippen LogP contribution in [0, 0.1) is 5.82 Å². The van der Waals surface area contributed by atoms with Gasteiger partial charge >= 0.3 is 0 Å². The summed E-state index contributed by atoms with van der Waals surface area (Å²) in [6, 6.07) is 12.9. The second-order valence-electron chi connectivity index (χ2n) is 5.29. The summed E-state index contributed by atoms with van der Waals surface area (Å²) in [4.78, 5) is 0. The first kappa shape index (κ1) is 13.7. The van der Waals surface area contributed by atoms with E-state index in [9.17, 15) is 4.39 Å². The first-order valence-electron chi connectivity index (χ1n) is 7.02. The molecule has 2 aromatic carbocycles. The molecule has 0 fully saturated rings. The Kier molecular flexibility index (Phi) is 3.65. The fourth-order valence-corrected chi connectivity index (χ4v) is 2.96. The Morgan fingerprint density at radius 2 is 2.19 bits per heavy atom. The first-order chi connectivity index (χ1) is 10.2. The molecule has 0 saturated carbocycles. The van der Waals surface area contributed by atoms with E-state index in [4.69, 9.17) is 4.74 Å². The number of methoxy groups -OCH3 is 1. The molecule has 0 radical (unpaired) electrons. The van der Waals surface area contributed by atoms with Crippen molar-refractivity contribution in [3.63, 3.8) is 0 Å². The number of ether oxygens (including phenoxy) is 1. The number of nitrogens with one attached hydrogen (secondary N) is 1. The zero-order chi connectivity index (χ0) is 14.8. The molecule has 0 bridgehead atoms. The van der Waals surface area contributed by atoms with E-state index in [1.165, 1.54) is 11.6 Å². The normalized spacial score (nSPS) is 17.7. The van der Waals surface area contributed by atoms with Crippen LogP contribution in [-0.2, 0) is 6.42 Å². The number of fused-ring (bicyclic) bond motifs is 1. The number of hydrogen-bond acceptors (Lipinski definition) is 2. The van der Waals surface area contributed by atoms with Gasteiger partial charge in [0.2, 0.25) is 0 Å². The summed E-state index contributed by atoms with van der Waals surface area (Å²) in [6.45, 7) is 3.92. The molecular formula is C18H18FNO. The highest BCUT2D eigenvalue weighted by Gasteiger charge is 2.27. The van der Waals surface area contributed by atoms with Gasteiger partial charge in [0, 0.05) is 17.6 Å². The minimum absolute atomic E-state index is 0.0686. The van der Waals surface area contributed by atoms with Crippen LogP contribution in [-0.4, -0.2) is 13.2 Å². The zero-order valence-corrected chi connectivity index (χ0v) is 12.0. The van der Waals surface area contributed by atoms with Gasteiger partial charge in [0.1, 0.15) is 11.6 Å². The maximum absolute atomic E-state index is 13.4. The van der Waals surface area contributed by atoms with Crippen molar-refractivity contribution in [1.82, 2.24) is 0 Å². The molecule has 2 nitrogen and oxygen atoms in total. The molecule has 0 saturated heterocycles. The van der Waals surface area contributed by atoms with Gasteiger partial charge in [0.25, 0.3) is 0 Å². The number of halogens is 1. The van der Waals surface area contributed by atoms with Gasteiger partial charge < -0.3 is 10.1 Å².